The summed E-state index contributed by atoms with van der Waals surface area (Å²) in [5.41, 5.74) is 0.293. The van der Waals surface area contributed by atoms with Crippen LogP contribution in [0.3, 0.4) is 0 Å². The number of phenolic OH excluding ortho intramolecular Hbond substituents is 1. The van der Waals surface area contributed by atoms with E-state index in [2.05, 4.69) is 0 Å². The molecular formula is C23H25N3O6. The first-order valence-corrected chi connectivity index (χ1v) is 10.2. The van der Waals surface area contributed by atoms with E-state index >= 15 is 0 Å². The molecule has 0 spiro atoms. The predicted molar refractivity (Wildman–Crippen MR) is 118 cm³/mol. The van der Waals surface area contributed by atoms with E-state index in [0.717, 1.165) is 16.5 Å². The maximum Gasteiger partial charge on any atom is 0.340 e. The van der Waals surface area contributed by atoms with E-state index in [0.29, 0.717) is 23.4 Å². The van der Waals surface area contributed by atoms with E-state index in [-0.39, 0.29) is 23.4 Å². The van der Waals surface area contributed by atoms with Gasteiger partial charge in [0.05, 0.1) is 23.4 Å². The average molecular weight is 439 g/mol. The summed E-state index contributed by atoms with van der Waals surface area (Å²) in [6.07, 6.45) is -0.447. The predicted octanol–water partition coefficient (Wildman–Crippen LogP) is 1.16. The van der Waals surface area contributed by atoms with Crippen LogP contribution in [0.4, 0.5) is 0 Å². The van der Waals surface area contributed by atoms with E-state index < -0.39 is 30.2 Å². The van der Waals surface area contributed by atoms with Gasteiger partial charge in [0, 0.05) is 47.2 Å². The largest absolute Gasteiger partial charge is 0.508 e. The molecule has 32 heavy (non-hydrogen) atoms. The normalized spacial score (nSPS) is 14.4. The van der Waals surface area contributed by atoms with Gasteiger partial charge in [-0.2, -0.15) is 0 Å². The number of aromatic nitrogens is 2. The van der Waals surface area contributed by atoms with Crippen molar-refractivity contribution in [1.82, 2.24) is 14.5 Å². The van der Waals surface area contributed by atoms with Crippen LogP contribution in [0.5, 0.6) is 5.75 Å². The first-order valence-electron chi connectivity index (χ1n) is 10.2. The number of carboxylic acid groups (broad SMARTS) is 1. The third kappa shape index (κ3) is 3.26. The van der Waals surface area contributed by atoms with Crippen molar-refractivity contribution < 1.29 is 25.2 Å². The van der Waals surface area contributed by atoms with Gasteiger partial charge in [-0.25, -0.2) is 9.78 Å². The van der Waals surface area contributed by atoms with Gasteiger partial charge in [0.25, 0.3) is 5.56 Å². The summed E-state index contributed by atoms with van der Waals surface area (Å²) in [6, 6.07) is 6.65. The molecule has 0 bridgehead atoms. The highest BCUT2D eigenvalue weighted by molar-refractivity contribution is 5.89. The van der Waals surface area contributed by atoms with Gasteiger partial charge in [-0.3, -0.25) is 4.79 Å². The Kier molecular flexibility index (Phi) is 5.28. The molecule has 0 unspecified atom stereocenters. The monoisotopic (exact) mass is 439 g/mol. The van der Waals surface area contributed by atoms with Gasteiger partial charge < -0.3 is 29.9 Å². The van der Waals surface area contributed by atoms with Gasteiger partial charge in [0.2, 0.25) is 0 Å². The van der Waals surface area contributed by atoms with Crippen molar-refractivity contribution in [3.63, 3.8) is 0 Å². The number of rotatable bonds is 6. The number of aliphatic hydroxyl groups is 2. The van der Waals surface area contributed by atoms with Gasteiger partial charge in [-0.1, -0.05) is 0 Å². The number of fused-ring (bicyclic) bond motifs is 4. The van der Waals surface area contributed by atoms with Gasteiger partial charge in [0.15, 0.2) is 5.60 Å². The third-order valence-corrected chi connectivity index (χ3v) is 6.02. The Morgan fingerprint density at radius 1 is 1.28 bits per heavy atom. The number of hydrogen-bond acceptors (Lipinski definition) is 7. The highest BCUT2D eigenvalue weighted by Gasteiger charge is 2.41. The molecule has 0 aliphatic carbocycles. The van der Waals surface area contributed by atoms with Crippen LogP contribution < -0.4 is 5.56 Å². The van der Waals surface area contributed by atoms with Gasteiger partial charge in [-0.05, 0) is 45.3 Å². The molecule has 1 aliphatic heterocycles. The Bertz CT molecular complexity index is 1310. The zero-order valence-electron chi connectivity index (χ0n) is 18.1. The highest BCUT2D eigenvalue weighted by atomic mass is 16.4. The SMILES string of the molecule is Cc1c([C@@](O)(CCO)C(=O)O)cc2n(c1=O)Cc1cc3c(CN(C)C)c(O)ccc3nc1-2. The minimum atomic E-state index is -2.39. The summed E-state index contributed by atoms with van der Waals surface area (Å²) in [5.74, 6) is -1.37. The molecule has 1 aromatic carbocycles. The lowest BCUT2D eigenvalue weighted by Crippen LogP contribution is -2.39. The van der Waals surface area contributed by atoms with Crippen LogP contribution in [0.1, 0.15) is 28.7 Å². The summed E-state index contributed by atoms with van der Waals surface area (Å²) < 4.78 is 1.50. The van der Waals surface area contributed by atoms with Crippen LogP contribution in [0.25, 0.3) is 22.3 Å². The number of hydrogen-bond donors (Lipinski definition) is 4. The fourth-order valence-electron chi connectivity index (χ4n) is 4.38. The molecule has 0 saturated carbocycles. The number of pyridine rings is 2. The molecule has 0 radical (unpaired) electrons. The molecule has 1 atom stereocenters. The van der Waals surface area contributed by atoms with Gasteiger partial charge >= 0.3 is 5.97 Å². The molecule has 9 heteroatoms. The lowest BCUT2D eigenvalue weighted by atomic mass is 9.87. The van der Waals surface area contributed by atoms with E-state index in [1.54, 1.807) is 12.1 Å². The molecule has 2 aromatic heterocycles. The van der Waals surface area contributed by atoms with Crippen molar-refractivity contribution in [1.29, 1.82) is 0 Å². The topological polar surface area (TPSA) is 136 Å². The zero-order valence-corrected chi connectivity index (χ0v) is 18.1. The standard InChI is InChI=1S/C23H25N3O6/c1-12-16(23(32,6-7-27)22(30)31)9-18-20-13(10-26(18)21(12)29)8-14-15(11-25(2)3)19(28)5-4-17(14)24-20/h4-5,8-9,27-28,32H,6-7,10-11H2,1-3H3,(H,30,31)/t23-/m0/s1. The summed E-state index contributed by atoms with van der Waals surface area (Å²) in [7, 11) is 3.80. The second-order valence-electron chi connectivity index (χ2n) is 8.46. The molecule has 3 heterocycles. The zero-order chi connectivity index (χ0) is 23.4. The molecular weight excluding hydrogens is 414 g/mol. The van der Waals surface area contributed by atoms with Crippen molar-refractivity contribution in [3.05, 3.63) is 56.9 Å². The Hall–Kier alpha value is -3.27. The molecule has 0 amide bonds. The summed E-state index contributed by atoms with van der Waals surface area (Å²) in [4.78, 5) is 31.6. The quantitative estimate of drug-likeness (QED) is 0.351. The molecule has 4 rings (SSSR count). The summed E-state index contributed by atoms with van der Waals surface area (Å²) in [6.45, 7) is 1.66. The smallest absolute Gasteiger partial charge is 0.340 e. The Morgan fingerprint density at radius 3 is 2.62 bits per heavy atom. The first kappa shape index (κ1) is 21.9. The van der Waals surface area contributed by atoms with E-state index in [1.165, 1.54) is 17.6 Å². The molecule has 4 N–H and O–H groups in total. The molecule has 3 aromatic rings. The van der Waals surface area contributed by atoms with Crippen LogP contribution in [0.15, 0.2) is 29.1 Å². The number of aromatic hydroxyl groups is 1. The van der Waals surface area contributed by atoms with Crippen molar-refractivity contribution in [2.75, 3.05) is 20.7 Å². The van der Waals surface area contributed by atoms with Gasteiger partial charge in [0.1, 0.15) is 5.75 Å². The molecule has 168 valence electrons. The van der Waals surface area contributed by atoms with Gasteiger partial charge in [-0.15, -0.1) is 0 Å². The number of nitrogens with zero attached hydrogens (tertiary/aromatic N) is 3. The summed E-state index contributed by atoms with van der Waals surface area (Å²) in [5, 5.41) is 40.9. The van der Waals surface area contributed by atoms with E-state index in [4.69, 9.17) is 4.98 Å². The lowest BCUT2D eigenvalue weighted by Gasteiger charge is -2.25. The van der Waals surface area contributed by atoms with Crippen LogP contribution >= 0.6 is 0 Å². The van der Waals surface area contributed by atoms with Crippen LogP contribution in [-0.2, 0) is 23.5 Å². The Morgan fingerprint density at radius 2 is 2.00 bits per heavy atom. The second-order valence-corrected chi connectivity index (χ2v) is 8.46. The first-order chi connectivity index (χ1) is 15.1. The molecule has 0 saturated heterocycles. The number of carbonyl (C=O) groups is 1. The van der Waals surface area contributed by atoms with Crippen LogP contribution in [0, 0.1) is 6.92 Å². The van der Waals surface area contributed by atoms with Crippen LogP contribution in [-0.4, -0.2) is 61.5 Å². The van der Waals surface area contributed by atoms with E-state index in [9.17, 15) is 30.0 Å². The van der Waals surface area contributed by atoms with Crippen molar-refractivity contribution >= 4 is 16.9 Å². The summed E-state index contributed by atoms with van der Waals surface area (Å²) >= 11 is 0. The maximum absolute atomic E-state index is 13.1. The molecule has 0 fully saturated rings. The number of benzene rings is 1. The second kappa shape index (κ2) is 7.70. The Balaban J connectivity index is 1.96. The average Bonchev–Trinajstić information content (AvgIpc) is 3.09. The van der Waals surface area contributed by atoms with Crippen molar-refractivity contribution in [2.24, 2.45) is 0 Å². The van der Waals surface area contributed by atoms with Crippen molar-refractivity contribution in [3.8, 4) is 17.1 Å². The minimum Gasteiger partial charge on any atom is -0.508 e. The number of carboxylic acids is 1. The Labute approximate surface area is 183 Å². The maximum atomic E-state index is 13.1. The number of phenols is 1. The highest BCUT2D eigenvalue weighted by Crippen LogP contribution is 2.37. The number of aliphatic carboxylic acids is 1. The molecule has 1 aliphatic rings. The van der Waals surface area contributed by atoms with Crippen LogP contribution in [0.2, 0.25) is 0 Å². The third-order valence-electron chi connectivity index (χ3n) is 6.02. The molecule has 9 nitrogen and oxygen atoms in total. The fraction of sp³-hybridized carbons (Fsp3) is 0.348. The van der Waals surface area contributed by atoms with E-state index in [1.807, 2.05) is 25.1 Å². The number of aliphatic hydroxyl groups excluding tert-OH is 1. The lowest BCUT2D eigenvalue weighted by molar-refractivity contribution is -0.161. The fourth-order valence-corrected chi connectivity index (χ4v) is 4.38. The van der Waals surface area contributed by atoms with Crippen molar-refractivity contribution in [2.45, 2.75) is 32.0 Å². The minimum absolute atomic E-state index is 0.0518.